The Kier molecular flexibility index (Phi) is 3.47. The molecule has 4 nitrogen and oxygen atoms in total. The van der Waals surface area contributed by atoms with Crippen LogP contribution in [0.3, 0.4) is 0 Å². The zero-order valence-corrected chi connectivity index (χ0v) is 12.3. The molecule has 5 atom stereocenters. The normalized spacial score (nSPS) is 45.0. The maximum atomic E-state index is 11.9. The lowest BCUT2D eigenvalue weighted by atomic mass is 9.67. The fourth-order valence-electron chi connectivity index (χ4n) is 5.26. The van der Waals surface area contributed by atoms with Gasteiger partial charge in [0, 0.05) is 18.9 Å². The van der Waals surface area contributed by atoms with Gasteiger partial charge in [-0.15, -0.1) is 0 Å². The minimum atomic E-state index is 0.0656. The van der Waals surface area contributed by atoms with Crippen molar-refractivity contribution in [3.8, 4) is 0 Å². The summed E-state index contributed by atoms with van der Waals surface area (Å²) in [6, 6.07) is 0. The van der Waals surface area contributed by atoms with Crippen LogP contribution in [0.15, 0.2) is 0 Å². The van der Waals surface area contributed by atoms with Crippen molar-refractivity contribution in [1.82, 2.24) is 4.90 Å². The fraction of sp³-hybridized carbons (Fsp3) is 0.938. The van der Waals surface area contributed by atoms with Crippen LogP contribution in [-0.2, 0) is 9.53 Å². The minimum Gasteiger partial charge on any atom is -0.462 e. The van der Waals surface area contributed by atoms with Crippen molar-refractivity contribution in [3.63, 3.8) is 0 Å². The maximum absolute atomic E-state index is 11.9. The summed E-state index contributed by atoms with van der Waals surface area (Å²) in [5.74, 6) is 3.04. The van der Waals surface area contributed by atoms with Crippen LogP contribution >= 0.6 is 0 Å². The summed E-state index contributed by atoms with van der Waals surface area (Å²) in [6.07, 6.45) is 7.58. The van der Waals surface area contributed by atoms with Crippen LogP contribution in [0.4, 0.5) is 0 Å². The zero-order chi connectivity index (χ0) is 13.5. The molecule has 112 valence electrons. The van der Waals surface area contributed by atoms with Crippen molar-refractivity contribution in [2.24, 2.45) is 23.7 Å². The van der Waals surface area contributed by atoms with Gasteiger partial charge in [-0.2, -0.15) is 0 Å². The number of carbonyl (C=O) groups excluding carboxylic acids is 1. The van der Waals surface area contributed by atoms with Crippen LogP contribution in [0.2, 0.25) is 0 Å². The molecule has 4 rings (SSSR count). The van der Waals surface area contributed by atoms with Gasteiger partial charge in [0.2, 0.25) is 0 Å². The van der Waals surface area contributed by atoms with E-state index < -0.39 is 0 Å². The van der Waals surface area contributed by atoms with Crippen LogP contribution in [0, 0.1) is 23.7 Å². The van der Waals surface area contributed by atoms with Gasteiger partial charge in [-0.3, -0.25) is 9.69 Å². The third-order valence-corrected chi connectivity index (χ3v) is 6.25. The van der Waals surface area contributed by atoms with Gasteiger partial charge < -0.3 is 10.1 Å². The Morgan fingerprint density at radius 2 is 2.10 bits per heavy atom. The number of fused-ring (bicyclic) bond motifs is 2. The topological polar surface area (TPSA) is 46.2 Å². The number of hydrogen-bond acceptors (Lipinski definition) is 3. The minimum absolute atomic E-state index is 0.0656. The van der Waals surface area contributed by atoms with E-state index in [9.17, 15) is 4.79 Å². The average Bonchev–Trinajstić information content (AvgIpc) is 3.06. The summed E-state index contributed by atoms with van der Waals surface area (Å²) in [5.41, 5.74) is 0. The Labute approximate surface area is 121 Å². The molecule has 2 aliphatic heterocycles. The van der Waals surface area contributed by atoms with E-state index in [0.29, 0.717) is 18.3 Å². The van der Waals surface area contributed by atoms with Crippen LogP contribution in [0.1, 0.15) is 38.5 Å². The van der Waals surface area contributed by atoms with Gasteiger partial charge in [-0.05, 0) is 30.6 Å². The van der Waals surface area contributed by atoms with E-state index in [4.69, 9.17) is 4.74 Å². The predicted molar refractivity (Wildman–Crippen MR) is 74.8 cm³/mol. The monoisotopic (exact) mass is 279 g/mol. The van der Waals surface area contributed by atoms with Gasteiger partial charge in [0.15, 0.2) is 0 Å². The third kappa shape index (κ3) is 2.37. The first-order chi connectivity index (χ1) is 9.79. The lowest BCUT2D eigenvalue weighted by Gasteiger charge is -2.45. The van der Waals surface area contributed by atoms with Gasteiger partial charge in [-0.1, -0.05) is 19.3 Å². The van der Waals surface area contributed by atoms with Crippen molar-refractivity contribution in [1.29, 1.82) is 0 Å². The van der Waals surface area contributed by atoms with E-state index in [1.807, 2.05) is 0 Å². The quantitative estimate of drug-likeness (QED) is 0.752. The Morgan fingerprint density at radius 1 is 1.25 bits per heavy atom. The molecule has 0 aromatic carbocycles. The number of carbonyl (C=O) groups is 1. The van der Waals surface area contributed by atoms with Gasteiger partial charge in [0.05, 0.1) is 13.1 Å². The second-order valence-electron chi connectivity index (χ2n) is 7.42. The SMILES string of the molecule is O=C1CC(CN2CC[NH2+]C2)C2CC3CCCC3CC2O1. The Morgan fingerprint density at radius 3 is 2.90 bits per heavy atom. The molecule has 4 fully saturated rings. The van der Waals surface area contributed by atoms with E-state index in [0.717, 1.165) is 31.5 Å². The van der Waals surface area contributed by atoms with Crippen molar-refractivity contribution in [3.05, 3.63) is 0 Å². The van der Waals surface area contributed by atoms with E-state index in [2.05, 4.69) is 10.2 Å². The lowest BCUT2D eigenvalue weighted by molar-refractivity contribution is -0.643. The summed E-state index contributed by atoms with van der Waals surface area (Å²) in [4.78, 5) is 14.5. The maximum Gasteiger partial charge on any atom is 0.306 e. The molecular weight excluding hydrogens is 252 g/mol. The first kappa shape index (κ1) is 13.1. The zero-order valence-electron chi connectivity index (χ0n) is 12.3. The van der Waals surface area contributed by atoms with Crippen molar-refractivity contribution in [2.45, 2.75) is 44.6 Å². The molecular formula is C16H27N2O2+. The second kappa shape index (κ2) is 5.30. The predicted octanol–water partition coefficient (Wildman–Crippen LogP) is 0.581. The number of nitrogens with two attached hydrogens (primary N) is 1. The lowest BCUT2D eigenvalue weighted by Crippen LogP contribution is -2.82. The largest absolute Gasteiger partial charge is 0.462 e. The highest BCUT2D eigenvalue weighted by Crippen LogP contribution is 2.49. The van der Waals surface area contributed by atoms with E-state index in [1.54, 1.807) is 0 Å². The smallest absolute Gasteiger partial charge is 0.306 e. The molecule has 2 saturated heterocycles. The number of nitrogens with zero attached hydrogens (tertiary/aromatic N) is 1. The van der Waals surface area contributed by atoms with Gasteiger partial charge >= 0.3 is 5.97 Å². The highest BCUT2D eigenvalue weighted by molar-refractivity contribution is 5.71. The second-order valence-corrected chi connectivity index (χ2v) is 7.42. The molecule has 2 aliphatic carbocycles. The third-order valence-electron chi connectivity index (χ3n) is 6.25. The summed E-state index contributed by atoms with van der Waals surface area (Å²) in [5, 5.41) is 2.37. The summed E-state index contributed by atoms with van der Waals surface area (Å²) in [7, 11) is 0. The molecule has 4 heteroatoms. The first-order valence-corrected chi connectivity index (χ1v) is 8.53. The molecule has 5 unspecified atom stereocenters. The van der Waals surface area contributed by atoms with Gasteiger partial charge in [-0.25, -0.2) is 0 Å². The Balaban J connectivity index is 1.47. The number of hydrogen-bond donors (Lipinski definition) is 1. The molecule has 4 aliphatic rings. The van der Waals surface area contributed by atoms with Crippen molar-refractivity contribution >= 4 is 5.97 Å². The van der Waals surface area contributed by atoms with Gasteiger partial charge in [0.1, 0.15) is 12.8 Å². The molecule has 20 heavy (non-hydrogen) atoms. The highest BCUT2D eigenvalue weighted by Gasteiger charge is 2.47. The fourth-order valence-corrected chi connectivity index (χ4v) is 5.26. The van der Waals surface area contributed by atoms with Crippen LogP contribution < -0.4 is 5.32 Å². The van der Waals surface area contributed by atoms with Crippen molar-refractivity contribution in [2.75, 3.05) is 26.3 Å². The molecule has 0 bridgehead atoms. The van der Waals surface area contributed by atoms with E-state index >= 15 is 0 Å². The van der Waals surface area contributed by atoms with E-state index in [1.165, 1.54) is 38.8 Å². The molecule has 2 saturated carbocycles. The number of esters is 1. The molecule has 2 heterocycles. The van der Waals surface area contributed by atoms with Gasteiger partial charge in [0.25, 0.3) is 0 Å². The molecule has 0 spiro atoms. The van der Waals surface area contributed by atoms with E-state index in [-0.39, 0.29) is 12.1 Å². The Hall–Kier alpha value is -0.610. The van der Waals surface area contributed by atoms with Crippen molar-refractivity contribution < 1.29 is 14.8 Å². The molecule has 0 amide bonds. The Bertz CT molecular complexity index is 381. The number of quaternary nitrogens is 1. The number of rotatable bonds is 2. The molecule has 0 aromatic heterocycles. The highest BCUT2D eigenvalue weighted by atomic mass is 16.5. The molecule has 0 radical (unpaired) electrons. The summed E-state index contributed by atoms with van der Waals surface area (Å²) < 4.78 is 5.73. The summed E-state index contributed by atoms with van der Waals surface area (Å²) in [6.45, 7) is 4.64. The molecule has 2 N–H and O–H groups in total. The van der Waals surface area contributed by atoms with Crippen LogP contribution in [0.25, 0.3) is 0 Å². The number of ether oxygens (including phenoxy) is 1. The van der Waals surface area contributed by atoms with Crippen LogP contribution in [-0.4, -0.2) is 43.3 Å². The first-order valence-electron chi connectivity index (χ1n) is 8.53. The standard InChI is InChI=1S/C16H26N2O2/c19-16-8-13(9-18-5-4-17-10-18)14-6-11-2-1-3-12(11)7-15(14)20-16/h11-15,17H,1-10H2/p+1. The summed E-state index contributed by atoms with van der Waals surface area (Å²) >= 11 is 0. The average molecular weight is 279 g/mol. The van der Waals surface area contributed by atoms with Crippen LogP contribution in [0.5, 0.6) is 0 Å². The molecule has 0 aromatic rings.